The number of rotatable bonds is 3. The van der Waals surface area contributed by atoms with E-state index in [2.05, 4.69) is 50.6 Å². The smallest absolute Gasteiger partial charge is 0.182 e. The topological polar surface area (TPSA) is 71.8 Å². The van der Waals surface area contributed by atoms with E-state index in [1.807, 2.05) is 36.9 Å². The monoisotopic (exact) mass is 385 g/mol. The summed E-state index contributed by atoms with van der Waals surface area (Å²) in [6.45, 7) is 4.63. The SMILES string of the molecule is Cc1nn(C)c2nc(-c3ccccn3)nc(N3CCN[C@H](c4ccccc4)C3)c12. The molecular weight excluding hydrogens is 362 g/mol. The molecular formula is C22H23N7. The maximum Gasteiger partial charge on any atom is 0.182 e. The number of benzene rings is 1. The molecule has 0 amide bonds. The van der Waals surface area contributed by atoms with Gasteiger partial charge >= 0.3 is 0 Å². The second-order valence-electron chi connectivity index (χ2n) is 7.36. The molecule has 1 atom stereocenters. The highest BCUT2D eigenvalue weighted by Crippen LogP contribution is 2.31. The minimum absolute atomic E-state index is 0.255. The quantitative estimate of drug-likeness (QED) is 0.585. The average molecular weight is 385 g/mol. The summed E-state index contributed by atoms with van der Waals surface area (Å²) >= 11 is 0. The summed E-state index contributed by atoms with van der Waals surface area (Å²) in [5.41, 5.74) is 3.84. The van der Waals surface area contributed by atoms with Gasteiger partial charge < -0.3 is 10.2 Å². The van der Waals surface area contributed by atoms with Crippen molar-refractivity contribution in [3.63, 3.8) is 0 Å². The zero-order valence-electron chi connectivity index (χ0n) is 16.6. The number of hydrogen-bond acceptors (Lipinski definition) is 6. The van der Waals surface area contributed by atoms with Gasteiger partial charge in [-0.1, -0.05) is 36.4 Å². The minimum atomic E-state index is 0.255. The van der Waals surface area contributed by atoms with Crippen LogP contribution in [0.2, 0.25) is 0 Å². The Labute approximate surface area is 169 Å². The second kappa shape index (κ2) is 7.25. The normalized spacial score (nSPS) is 17.0. The Hall–Kier alpha value is -3.32. The fraction of sp³-hybridized carbons (Fsp3) is 0.273. The van der Waals surface area contributed by atoms with E-state index in [1.165, 1.54) is 5.56 Å². The van der Waals surface area contributed by atoms with Crippen LogP contribution in [0.5, 0.6) is 0 Å². The first kappa shape index (κ1) is 17.8. The fourth-order valence-electron chi connectivity index (χ4n) is 4.01. The molecule has 1 fully saturated rings. The molecule has 7 nitrogen and oxygen atoms in total. The van der Waals surface area contributed by atoms with E-state index in [9.17, 15) is 0 Å². The first-order chi connectivity index (χ1) is 14.2. The molecule has 4 heterocycles. The van der Waals surface area contributed by atoms with Gasteiger partial charge in [-0.3, -0.25) is 9.67 Å². The van der Waals surface area contributed by atoms with Crippen LogP contribution in [-0.2, 0) is 7.05 Å². The molecule has 0 spiro atoms. The zero-order chi connectivity index (χ0) is 19.8. The van der Waals surface area contributed by atoms with Crippen molar-refractivity contribution in [2.45, 2.75) is 13.0 Å². The molecule has 0 unspecified atom stereocenters. The molecule has 0 radical (unpaired) electrons. The van der Waals surface area contributed by atoms with Gasteiger partial charge in [0.2, 0.25) is 0 Å². The molecule has 0 saturated carbocycles. The predicted octanol–water partition coefficient (Wildman–Crippen LogP) is 2.88. The molecule has 0 bridgehead atoms. The van der Waals surface area contributed by atoms with Crippen LogP contribution in [0.3, 0.4) is 0 Å². The molecule has 5 rings (SSSR count). The largest absolute Gasteiger partial charge is 0.353 e. The lowest BCUT2D eigenvalue weighted by atomic mass is 10.0. The van der Waals surface area contributed by atoms with Gasteiger partial charge in [0, 0.05) is 38.9 Å². The van der Waals surface area contributed by atoms with E-state index in [0.29, 0.717) is 5.82 Å². The number of aryl methyl sites for hydroxylation is 2. The summed E-state index contributed by atoms with van der Waals surface area (Å²) in [4.78, 5) is 16.6. The molecule has 1 aromatic carbocycles. The van der Waals surface area contributed by atoms with Crippen molar-refractivity contribution in [1.29, 1.82) is 0 Å². The molecule has 1 N–H and O–H groups in total. The number of nitrogens with zero attached hydrogens (tertiary/aromatic N) is 6. The Morgan fingerprint density at radius 2 is 1.86 bits per heavy atom. The number of pyridine rings is 1. The predicted molar refractivity (Wildman–Crippen MR) is 114 cm³/mol. The van der Waals surface area contributed by atoms with Crippen molar-refractivity contribution in [2.24, 2.45) is 7.05 Å². The van der Waals surface area contributed by atoms with E-state index in [1.54, 1.807) is 6.20 Å². The van der Waals surface area contributed by atoms with Crippen molar-refractivity contribution in [1.82, 2.24) is 30.0 Å². The van der Waals surface area contributed by atoms with Gasteiger partial charge in [-0.2, -0.15) is 5.10 Å². The highest BCUT2D eigenvalue weighted by Gasteiger charge is 2.26. The second-order valence-corrected chi connectivity index (χ2v) is 7.36. The van der Waals surface area contributed by atoms with Gasteiger partial charge in [0.25, 0.3) is 0 Å². The van der Waals surface area contributed by atoms with Crippen LogP contribution >= 0.6 is 0 Å². The number of fused-ring (bicyclic) bond motifs is 1. The summed E-state index contributed by atoms with van der Waals surface area (Å²) in [6, 6.07) is 16.6. The molecule has 1 saturated heterocycles. The molecule has 1 aliphatic heterocycles. The summed E-state index contributed by atoms with van der Waals surface area (Å²) in [7, 11) is 1.93. The lowest BCUT2D eigenvalue weighted by Gasteiger charge is -2.35. The fourth-order valence-corrected chi connectivity index (χ4v) is 4.01. The van der Waals surface area contributed by atoms with Gasteiger partial charge in [-0.25, -0.2) is 9.97 Å². The Bertz CT molecular complexity index is 1140. The minimum Gasteiger partial charge on any atom is -0.353 e. The molecule has 146 valence electrons. The van der Waals surface area contributed by atoms with Crippen LogP contribution in [0.1, 0.15) is 17.3 Å². The van der Waals surface area contributed by atoms with Crippen molar-refractivity contribution in [2.75, 3.05) is 24.5 Å². The first-order valence-electron chi connectivity index (χ1n) is 9.87. The lowest BCUT2D eigenvalue weighted by Crippen LogP contribution is -2.46. The number of aromatic nitrogens is 5. The summed E-state index contributed by atoms with van der Waals surface area (Å²) in [5.74, 6) is 1.56. The Morgan fingerprint density at radius 3 is 2.66 bits per heavy atom. The van der Waals surface area contributed by atoms with Crippen molar-refractivity contribution < 1.29 is 0 Å². The maximum atomic E-state index is 4.97. The summed E-state index contributed by atoms with van der Waals surface area (Å²) < 4.78 is 1.83. The molecule has 0 aliphatic carbocycles. The summed E-state index contributed by atoms with van der Waals surface area (Å²) in [5, 5.41) is 9.25. The van der Waals surface area contributed by atoms with E-state index >= 15 is 0 Å². The Balaban J connectivity index is 1.61. The van der Waals surface area contributed by atoms with Crippen LogP contribution in [0.4, 0.5) is 5.82 Å². The number of anilines is 1. The Morgan fingerprint density at radius 1 is 1.03 bits per heavy atom. The van der Waals surface area contributed by atoms with Gasteiger partial charge in [-0.05, 0) is 24.6 Å². The standard InChI is InChI=1S/C22H23N7/c1-15-19-21(28(2)27-15)25-20(17-10-6-7-11-23-17)26-22(19)29-13-12-24-18(14-29)16-8-4-3-5-9-16/h3-11,18,24H,12-14H2,1-2H3/t18-/m0/s1. The Kier molecular flexibility index (Phi) is 4.44. The van der Waals surface area contributed by atoms with E-state index < -0.39 is 0 Å². The van der Waals surface area contributed by atoms with E-state index in [-0.39, 0.29) is 6.04 Å². The zero-order valence-corrected chi connectivity index (χ0v) is 16.6. The third-order valence-corrected chi connectivity index (χ3v) is 5.41. The highest BCUT2D eigenvalue weighted by atomic mass is 15.3. The third-order valence-electron chi connectivity index (χ3n) is 5.41. The molecule has 7 heteroatoms. The van der Waals surface area contributed by atoms with Gasteiger partial charge in [-0.15, -0.1) is 0 Å². The van der Waals surface area contributed by atoms with Crippen molar-refractivity contribution in [3.8, 4) is 11.5 Å². The molecule has 1 aliphatic rings. The van der Waals surface area contributed by atoms with E-state index in [4.69, 9.17) is 9.97 Å². The summed E-state index contributed by atoms with van der Waals surface area (Å²) in [6.07, 6.45) is 1.77. The van der Waals surface area contributed by atoms with Crippen molar-refractivity contribution in [3.05, 3.63) is 66.0 Å². The van der Waals surface area contributed by atoms with Crippen LogP contribution in [0.15, 0.2) is 54.7 Å². The lowest BCUT2D eigenvalue weighted by molar-refractivity contribution is 0.470. The third kappa shape index (κ3) is 3.23. The van der Waals surface area contributed by atoms with Crippen LogP contribution in [-0.4, -0.2) is 44.4 Å². The van der Waals surface area contributed by atoms with Gasteiger partial charge in [0.15, 0.2) is 11.5 Å². The maximum absolute atomic E-state index is 4.97. The average Bonchev–Trinajstić information content (AvgIpc) is 3.08. The first-order valence-corrected chi connectivity index (χ1v) is 9.87. The van der Waals surface area contributed by atoms with Gasteiger partial charge in [0.05, 0.1) is 11.1 Å². The number of nitrogens with one attached hydrogen (secondary N) is 1. The van der Waals surface area contributed by atoms with Gasteiger partial charge in [0.1, 0.15) is 11.5 Å². The van der Waals surface area contributed by atoms with Crippen LogP contribution in [0, 0.1) is 6.92 Å². The number of piperazine rings is 1. The van der Waals surface area contributed by atoms with Crippen molar-refractivity contribution >= 4 is 16.9 Å². The highest BCUT2D eigenvalue weighted by molar-refractivity contribution is 5.91. The molecule has 4 aromatic rings. The van der Waals surface area contributed by atoms with E-state index in [0.717, 1.165) is 47.9 Å². The number of hydrogen-bond donors (Lipinski definition) is 1. The van der Waals surface area contributed by atoms with Crippen LogP contribution < -0.4 is 10.2 Å². The molecule has 3 aromatic heterocycles. The molecule has 29 heavy (non-hydrogen) atoms. The van der Waals surface area contributed by atoms with Crippen LogP contribution in [0.25, 0.3) is 22.6 Å².